The van der Waals surface area contributed by atoms with Gasteiger partial charge in [0.15, 0.2) is 0 Å². The number of aromatic nitrogens is 2. The zero-order chi connectivity index (χ0) is 24.4. The number of amides is 1. The molecule has 2 atom stereocenters. The molecule has 0 radical (unpaired) electrons. The molecule has 1 aliphatic rings. The largest absolute Gasteiger partial charge is 0.495 e. The number of rotatable bonds is 8. The second-order valence-electron chi connectivity index (χ2n) is 8.54. The Morgan fingerprint density at radius 3 is 2.57 bits per heavy atom. The minimum atomic E-state index is -0.801. The quantitative estimate of drug-likeness (QED) is 0.388. The number of nitrogens with zero attached hydrogens (tertiary/aromatic N) is 3. The number of benzene rings is 3. The maximum absolute atomic E-state index is 13.0. The SMILES string of the molecule is COc1ccccc1N1C[C@@H](c2nc3ccccc3n2C[C@@H](O)COc2ccccc2Cl)CC1=O. The van der Waals surface area contributed by atoms with Gasteiger partial charge in [0.1, 0.15) is 30.0 Å². The summed E-state index contributed by atoms with van der Waals surface area (Å²) in [5.74, 6) is 1.84. The molecule has 0 aliphatic carbocycles. The van der Waals surface area contributed by atoms with Crippen molar-refractivity contribution in [2.75, 3.05) is 25.2 Å². The molecule has 1 aliphatic heterocycles. The fourth-order valence-corrected chi connectivity index (χ4v) is 4.77. The predicted molar refractivity (Wildman–Crippen MR) is 135 cm³/mol. The molecule has 5 rings (SSSR count). The molecular weight excluding hydrogens is 466 g/mol. The van der Waals surface area contributed by atoms with Gasteiger partial charge in [-0.1, -0.05) is 48.0 Å². The molecule has 8 heteroatoms. The number of methoxy groups -OCH3 is 1. The van der Waals surface area contributed by atoms with Crippen LogP contribution in [0.25, 0.3) is 11.0 Å². The number of hydrogen-bond donors (Lipinski definition) is 1. The predicted octanol–water partition coefficient (Wildman–Crippen LogP) is 4.66. The number of para-hydroxylation sites is 5. The highest BCUT2D eigenvalue weighted by Gasteiger charge is 2.36. The van der Waals surface area contributed by atoms with E-state index in [1.807, 2.05) is 65.2 Å². The van der Waals surface area contributed by atoms with Crippen LogP contribution in [0.2, 0.25) is 5.02 Å². The number of aliphatic hydroxyl groups is 1. The van der Waals surface area contributed by atoms with Crippen LogP contribution in [-0.2, 0) is 11.3 Å². The van der Waals surface area contributed by atoms with Gasteiger partial charge in [-0.2, -0.15) is 0 Å². The molecule has 4 aromatic rings. The van der Waals surface area contributed by atoms with E-state index in [-0.39, 0.29) is 25.0 Å². The highest BCUT2D eigenvalue weighted by Crippen LogP contribution is 2.37. The third-order valence-electron chi connectivity index (χ3n) is 6.21. The van der Waals surface area contributed by atoms with Crippen LogP contribution < -0.4 is 14.4 Å². The molecule has 0 unspecified atom stereocenters. The number of carbonyl (C=O) groups excluding carboxylic acids is 1. The molecule has 1 N–H and O–H groups in total. The molecular formula is C27H26ClN3O4. The first-order valence-corrected chi connectivity index (χ1v) is 11.9. The van der Waals surface area contributed by atoms with Crippen LogP contribution in [0.3, 0.4) is 0 Å². The van der Waals surface area contributed by atoms with Gasteiger partial charge >= 0.3 is 0 Å². The minimum absolute atomic E-state index is 0.0145. The van der Waals surface area contributed by atoms with Gasteiger partial charge < -0.3 is 24.0 Å². The van der Waals surface area contributed by atoms with Crippen molar-refractivity contribution in [3.8, 4) is 11.5 Å². The number of halogens is 1. The van der Waals surface area contributed by atoms with Crippen LogP contribution in [0.5, 0.6) is 11.5 Å². The van der Waals surface area contributed by atoms with Crippen LogP contribution in [0.15, 0.2) is 72.8 Å². The van der Waals surface area contributed by atoms with E-state index in [9.17, 15) is 9.90 Å². The van der Waals surface area contributed by atoms with E-state index in [1.165, 1.54) is 0 Å². The van der Waals surface area contributed by atoms with E-state index in [0.717, 1.165) is 22.5 Å². The van der Waals surface area contributed by atoms with Gasteiger partial charge in [0.2, 0.25) is 5.91 Å². The average Bonchev–Trinajstić information content (AvgIpc) is 3.44. The number of imidazole rings is 1. The highest BCUT2D eigenvalue weighted by molar-refractivity contribution is 6.32. The lowest BCUT2D eigenvalue weighted by molar-refractivity contribution is -0.117. The molecule has 0 spiro atoms. The summed E-state index contributed by atoms with van der Waals surface area (Å²) >= 11 is 6.17. The Morgan fingerprint density at radius 1 is 1.06 bits per heavy atom. The molecule has 2 heterocycles. The molecule has 1 aromatic heterocycles. The lowest BCUT2D eigenvalue weighted by Crippen LogP contribution is -2.26. The summed E-state index contributed by atoms with van der Waals surface area (Å²) in [6.07, 6.45) is -0.474. The lowest BCUT2D eigenvalue weighted by atomic mass is 10.1. The Kier molecular flexibility index (Phi) is 6.61. The minimum Gasteiger partial charge on any atom is -0.495 e. The summed E-state index contributed by atoms with van der Waals surface area (Å²) in [7, 11) is 1.60. The van der Waals surface area contributed by atoms with Crippen LogP contribution in [-0.4, -0.2) is 46.9 Å². The van der Waals surface area contributed by atoms with Gasteiger partial charge in [0.05, 0.1) is 35.4 Å². The summed E-state index contributed by atoms with van der Waals surface area (Å²) in [6, 6.07) is 22.5. The number of aliphatic hydroxyl groups excluding tert-OH is 1. The third kappa shape index (κ3) is 4.70. The fraction of sp³-hybridized carbons (Fsp3) is 0.259. The van der Waals surface area contributed by atoms with Gasteiger partial charge in [-0.3, -0.25) is 4.79 Å². The Labute approximate surface area is 208 Å². The maximum atomic E-state index is 13.0. The maximum Gasteiger partial charge on any atom is 0.227 e. The first-order chi connectivity index (χ1) is 17.0. The van der Waals surface area contributed by atoms with E-state index in [4.69, 9.17) is 26.1 Å². The summed E-state index contributed by atoms with van der Waals surface area (Å²) in [6.45, 7) is 0.834. The topological polar surface area (TPSA) is 76.8 Å². The zero-order valence-corrected chi connectivity index (χ0v) is 20.1. The molecule has 7 nitrogen and oxygen atoms in total. The zero-order valence-electron chi connectivity index (χ0n) is 19.3. The molecule has 3 aromatic carbocycles. The second-order valence-corrected chi connectivity index (χ2v) is 8.95. The standard InChI is InChI=1S/C27H26ClN3O4/c1-34-25-13-7-5-11-23(25)30-15-18(14-26(30)33)27-29-21-9-3-4-10-22(21)31(27)16-19(32)17-35-24-12-6-2-8-20(24)28/h2-13,18-19,32H,14-17H2,1H3/t18-,19+/m0/s1. The third-order valence-corrected chi connectivity index (χ3v) is 6.52. The van der Waals surface area contributed by atoms with Crippen LogP contribution in [0, 0.1) is 0 Å². The van der Waals surface area contributed by atoms with Crippen molar-refractivity contribution >= 4 is 34.2 Å². The first-order valence-electron chi connectivity index (χ1n) is 11.5. The van der Waals surface area contributed by atoms with Gasteiger partial charge in [0.25, 0.3) is 0 Å². The van der Waals surface area contributed by atoms with Crippen molar-refractivity contribution in [3.05, 3.63) is 83.6 Å². The molecule has 1 saturated heterocycles. The van der Waals surface area contributed by atoms with Crippen molar-refractivity contribution < 1.29 is 19.4 Å². The molecule has 0 saturated carbocycles. The molecule has 0 bridgehead atoms. The van der Waals surface area contributed by atoms with Crippen molar-refractivity contribution in [3.63, 3.8) is 0 Å². The summed E-state index contributed by atoms with van der Waals surface area (Å²) in [4.78, 5) is 19.6. The van der Waals surface area contributed by atoms with Crippen molar-refractivity contribution in [1.82, 2.24) is 9.55 Å². The van der Waals surface area contributed by atoms with E-state index in [2.05, 4.69) is 0 Å². The lowest BCUT2D eigenvalue weighted by Gasteiger charge is -2.20. The Hall–Kier alpha value is -3.55. The number of hydrogen-bond acceptors (Lipinski definition) is 5. The average molecular weight is 492 g/mol. The smallest absolute Gasteiger partial charge is 0.227 e. The van der Waals surface area contributed by atoms with Gasteiger partial charge in [-0.15, -0.1) is 0 Å². The molecule has 35 heavy (non-hydrogen) atoms. The molecule has 1 amide bonds. The van der Waals surface area contributed by atoms with Crippen LogP contribution >= 0.6 is 11.6 Å². The summed E-state index contributed by atoms with van der Waals surface area (Å²) in [5, 5.41) is 11.3. The highest BCUT2D eigenvalue weighted by atomic mass is 35.5. The second kappa shape index (κ2) is 9.98. The monoisotopic (exact) mass is 491 g/mol. The van der Waals surface area contributed by atoms with E-state index in [1.54, 1.807) is 24.1 Å². The number of ether oxygens (including phenoxy) is 2. The fourth-order valence-electron chi connectivity index (χ4n) is 4.58. The van der Waals surface area contributed by atoms with Crippen LogP contribution in [0.4, 0.5) is 5.69 Å². The summed E-state index contributed by atoms with van der Waals surface area (Å²) < 4.78 is 13.2. The first kappa shape index (κ1) is 23.2. The van der Waals surface area contributed by atoms with Crippen LogP contribution in [0.1, 0.15) is 18.2 Å². The van der Waals surface area contributed by atoms with E-state index < -0.39 is 6.10 Å². The van der Waals surface area contributed by atoms with Gasteiger partial charge in [0, 0.05) is 18.9 Å². The number of carbonyl (C=O) groups is 1. The molecule has 180 valence electrons. The normalized spacial score (nSPS) is 16.6. The Bertz CT molecular complexity index is 1360. The Morgan fingerprint density at radius 2 is 1.77 bits per heavy atom. The van der Waals surface area contributed by atoms with E-state index >= 15 is 0 Å². The van der Waals surface area contributed by atoms with Crippen molar-refractivity contribution in [2.24, 2.45) is 0 Å². The van der Waals surface area contributed by atoms with E-state index in [0.29, 0.717) is 29.5 Å². The Balaban J connectivity index is 1.40. The van der Waals surface area contributed by atoms with Gasteiger partial charge in [-0.05, 0) is 36.4 Å². The van der Waals surface area contributed by atoms with Crippen molar-refractivity contribution in [2.45, 2.75) is 25.0 Å². The number of anilines is 1. The van der Waals surface area contributed by atoms with Crippen molar-refractivity contribution in [1.29, 1.82) is 0 Å². The number of fused-ring (bicyclic) bond motifs is 1. The van der Waals surface area contributed by atoms with Gasteiger partial charge in [-0.25, -0.2) is 4.98 Å². The molecule has 1 fully saturated rings. The summed E-state index contributed by atoms with van der Waals surface area (Å²) in [5.41, 5.74) is 2.48.